The number of amides is 1. The average molecular weight is 434 g/mol. The van der Waals surface area contributed by atoms with Gasteiger partial charge >= 0.3 is 6.18 Å². The topological polar surface area (TPSA) is 81.3 Å². The number of alkyl halides is 3. The molecule has 4 rings (SSSR count). The number of anilines is 1. The quantitative estimate of drug-likeness (QED) is 0.610. The van der Waals surface area contributed by atoms with Crippen molar-refractivity contribution in [2.24, 2.45) is 0 Å². The molecule has 10 heteroatoms. The molecule has 2 N–H and O–H groups in total. The summed E-state index contributed by atoms with van der Waals surface area (Å²) in [5, 5.41) is 9.63. The number of fused-ring (bicyclic) bond motifs is 1. The van der Waals surface area contributed by atoms with Crippen LogP contribution in [0.25, 0.3) is 0 Å². The summed E-state index contributed by atoms with van der Waals surface area (Å²) in [5.74, 6) is 0.714. The summed E-state index contributed by atoms with van der Waals surface area (Å²) in [6.45, 7) is 0.318. The van der Waals surface area contributed by atoms with Gasteiger partial charge in [-0.25, -0.2) is 4.68 Å². The largest absolute Gasteiger partial charge is 0.497 e. The molecule has 0 fully saturated rings. The lowest BCUT2D eigenvalue weighted by atomic mass is 10.0. The predicted molar refractivity (Wildman–Crippen MR) is 106 cm³/mol. The fourth-order valence-electron chi connectivity index (χ4n) is 3.56. The molecule has 3 aromatic rings. The minimum atomic E-state index is -4.52. The first kappa shape index (κ1) is 20.8. The van der Waals surface area contributed by atoms with E-state index in [-0.39, 0.29) is 17.9 Å². The number of nitrogens with zero attached hydrogens (tertiary/aromatic N) is 2. The van der Waals surface area contributed by atoms with Gasteiger partial charge in [-0.15, -0.1) is 0 Å². The van der Waals surface area contributed by atoms with Gasteiger partial charge in [0.1, 0.15) is 17.3 Å². The number of rotatable bonds is 6. The Kier molecular flexibility index (Phi) is 5.62. The molecule has 1 amide bonds. The van der Waals surface area contributed by atoms with E-state index in [4.69, 9.17) is 9.15 Å². The molecule has 2 atom stereocenters. The Morgan fingerprint density at radius 1 is 1.32 bits per heavy atom. The van der Waals surface area contributed by atoms with Crippen LogP contribution in [0.4, 0.5) is 19.0 Å². The second kappa shape index (κ2) is 8.37. The van der Waals surface area contributed by atoms with E-state index in [9.17, 15) is 18.0 Å². The first-order valence-electron chi connectivity index (χ1n) is 9.72. The molecular weight excluding hydrogens is 413 g/mol. The lowest BCUT2D eigenvalue weighted by molar-refractivity contribution is -0.174. The molecular formula is C21H21F3N4O3. The maximum Gasteiger partial charge on any atom is 0.410 e. The highest BCUT2D eigenvalue weighted by Crippen LogP contribution is 2.43. The Morgan fingerprint density at radius 2 is 2.10 bits per heavy atom. The van der Waals surface area contributed by atoms with Gasteiger partial charge in [-0.2, -0.15) is 18.3 Å². The van der Waals surface area contributed by atoms with E-state index in [0.717, 1.165) is 16.0 Å². The molecule has 3 heterocycles. The first-order valence-corrected chi connectivity index (χ1v) is 9.72. The third kappa shape index (κ3) is 4.52. The van der Waals surface area contributed by atoms with Gasteiger partial charge < -0.3 is 19.8 Å². The second-order valence-electron chi connectivity index (χ2n) is 7.22. The van der Waals surface area contributed by atoms with Gasteiger partial charge in [-0.3, -0.25) is 4.79 Å². The SMILES string of the molecule is COc1ccc(CCNC(=O)c2cc3n(n2)[C@H](C(F)(F)F)C[C@@H](c2ccco2)N3)cc1. The van der Waals surface area contributed by atoms with Crippen LogP contribution in [0.3, 0.4) is 0 Å². The summed E-state index contributed by atoms with van der Waals surface area (Å²) in [7, 11) is 1.58. The van der Waals surface area contributed by atoms with Crippen LogP contribution in [0.2, 0.25) is 0 Å². The van der Waals surface area contributed by atoms with Crippen molar-refractivity contribution in [3.05, 3.63) is 65.7 Å². The minimum Gasteiger partial charge on any atom is -0.497 e. The van der Waals surface area contributed by atoms with Crippen LogP contribution in [-0.4, -0.2) is 35.5 Å². The molecule has 164 valence electrons. The van der Waals surface area contributed by atoms with Crippen molar-refractivity contribution >= 4 is 11.7 Å². The lowest BCUT2D eigenvalue weighted by Gasteiger charge is -2.32. The van der Waals surface area contributed by atoms with Crippen LogP contribution >= 0.6 is 0 Å². The molecule has 0 saturated heterocycles. The third-order valence-electron chi connectivity index (χ3n) is 5.17. The maximum absolute atomic E-state index is 13.7. The Hall–Kier alpha value is -3.43. The molecule has 31 heavy (non-hydrogen) atoms. The lowest BCUT2D eigenvalue weighted by Crippen LogP contribution is -2.35. The number of ether oxygens (including phenoxy) is 1. The van der Waals surface area contributed by atoms with Crippen molar-refractivity contribution in [1.82, 2.24) is 15.1 Å². The summed E-state index contributed by atoms with van der Waals surface area (Å²) in [4.78, 5) is 12.5. The molecule has 0 spiro atoms. The van der Waals surface area contributed by atoms with Crippen LogP contribution < -0.4 is 15.4 Å². The van der Waals surface area contributed by atoms with Gasteiger partial charge in [0.2, 0.25) is 0 Å². The summed E-state index contributed by atoms with van der Waals surface area (Å²) >= 11 is 0. The smallest absolute Gasteiger partial charge is 0.410 e. The van der Waals surface area contributed by atoms with Gasteiger partial charge in [0.15, 0.2) is 11.7 Å². The Bertz CT molecular complexity index is 1030. The van der Waals surface area contributed by atoms with E-state index in [1.54, 1.807) is 19.2 Å². The number of halogens is 3. The molecule has 1 aliphatic heterocycles. The van der Waals surface area contributed by atoms with Crippen LogP contribution in [0, 0.1) is 0 Å². The molecule has 0 aliphatic carbocycles. The number of aromatic nitrogens is 2. The normalized spacial score (nSPS) is 18.2. The van der Waals surface area contributed by atoms with Crippen molar-refractivity contribution in [2.75, 3.05) is 19.0 Å². The van der Waals surface area contributed by atoms with Crippen molar-refractivity contribution in [2.45, 2.75) is 31.1 Å². The highest BCUT2D eigenvalue weighted by molar-refractivity contribution is 5.93. The molecule has 2 aromatic heterocycles. The maximum atomic E-state index is 13.7. The highest BCUT2D eigenvalue weighted by Gasteiger charge is 2.47. The fourth-order valence-corrected chi connectivity index (χ4v) is 3.56. The fraction of sp³-hybridized carbons (Fsp3) is 0.333. The zero-order chi connectivity index (χ0) is 22.0. The van der Waals surface area contributed by atoms with Crippen LogP contribution in [0.5, 0.6) is 5.75 Å². The van der Waals surface area contributed by atoms with E-state index in [1.807, 2.05) is 24.3 Å². The van der Waals surface area contributed by atoms with Crippen LogP contribution in [0.1, 0.15) is 40.3 Å². The van der Waals surface area contributed by atoms with E-state index < -0.39 is 24.2 Å². The van der Waals surface area contributed by atoms with Crippen molar-refractivity contribution < 1.29 is 27.1 Å². The number of benzene rings is 1. The molecule has 0 saturated carbocycles. The zero-order valence-corrected chi connectivity index (χ0v) is 16.6. The number of carbonyl (C=O) groups excluding carboxylic acids is 1. The standard InChI is InChI=1S/C21H21F3N4O3/c1-30-14-6-4-13(5-7-14)8-9-25-20(29)16-12-19-26-15(17-3-2-10-31-17)11-18(21(22,23)24)28(19)27-16/h2-7,10,12,15,18,26H,8-9,11H2,1H3,(H,25,29)/t15-,18-/m0/s1. The summed E-state index contributed by atoms with van der Waals surface area (Å²) in [6, 6.07) is 9.43. The van der Waals surface area contributed by atoms with Crippen LogP contribution in [-0.2, 0) is 6.42 Å². The Balaban J connectivity index is 1.45. The Morgan fingerprint density at radius 3 is 2.74 bits per heavy atom. The number of carbonyl (C=O) groups is 1. The summed E-state index contributed by atoms with van der Waals surface area (Å²) in [6.07, 6.45) is -2.83. The molecule has 1 aromatic carbocycles. The number of hydrogen-bond acceptors (Lipinski definition) is 5. The van der Waals surface area contributed by atoms with E-state index in [2.05, 4.69) is 15.7 Å². The molecule has 0 bridgehead atoms. The van der Waals surface area contributed by atoms with E-state index in [0.29, 0.717) is 18.7 Å². The van der Waals surface area contributed by atoms with Gasteiger partial charge in [0.05, 0.1) is 19.4 Å². The minimum absolute atomic E-state index is 0.0772. The molecule has 1 aliphatic rings. The highest BCUT2D eigenvalue weighted by atomic mass is 19.4. The predicted octanol–water partition coefficient (Wildman–Crippen LogP) is 4.12. The van der Waals surface area contributed by atoms with Gasteiger partial charge in [-0.1, -0.05) is 12.1 Å². The monoisotopic (exact) mass is 434 g/mol. The van der Waals surface area contributed by atoms with Gasteiger partial charge in [0.25, 0.3) is 5.91 Å². The molecule has 7 nitrogen and oxygen atoms in total. The van der Waals surface area contributed by atoms with Gasteiger partial charge in [0, 0.05) is 19.0 Å². The van der Waals surface area contributed by atoms with Gasteiger partial charge in [-0.05, 0) is 36.2 Å². The van der Waals surface area contributed by atoms with Crippen LogP contribution in [0.15, 0.2) is 53.1 Å². The number of furan rings is 1. The second-order valence-corrected chi connectivity index (χ2v) is 7.22. The zero-order valence-electron chi connectivity index (χ0n) is 16.6. The Labute approximate surface area is 176 Å². The third-order valence-corrected chi connectivity index (χ3v) is 5.17. The van der Waals surface area contributed by atoms with E-state index >= 15 is 0 Å². The first-order chi connectivity index (χ1) is 14.8. The molecule has 0 radical (unpaired) electrons. The summed E-state index contributed by atoms with van der Waals surface area (Å²) in [5.41, 5.74) is 0.914. The van der Waals surface area contributed by atoms with Crippen molar-refractivity contribution in [3.63, 3.8) is 0 Å². The number of methoxy groups -OCH3 is 1. The summed E-state index contributed by atoms with van der Waals surface area (Å²) < 4.78 is 52.2. The van der Waals surface area contributed by atoms with Crippen molar-refractivity contribution in [1.29, 1.82) is 0 Å². The van der Waals surface area contributed by atoms with E-state index in [1.165, 1.54) is 12.3 Å². The number of hydrogen-bond donors (Lipinski definition) is 2. The number of nitrogens with one attached hydrogen (secondary N) is 2. The van der Waals surface area contributed by atoms with Crippen molar-refractivity contribution in [3.8, 4) is 5.75 Å². The molecule has 0 unspecified atom stereocenters. The average Bonchev–Trinajstić information content (AvgIpc) is 3.42.